The molecule has 2 nitrogen and oxygen atoms in total. The number of anilines is 1. The van der Waals surface area contributed by atoms with Gasteiger partial charge >= 0.3 is 0 Å². The molecule has 3 heteroatoms. The molecule has 1 N–H and O–H groups in total. The molecule has 0 saturated heterocycles. The van der Waals surface area contributed by atoms with Crippen LogP contribution in [0.3, 0.4) is 0 Å². The van der Waals surface area contributed by atoms with Crippen LogP contribution >= 0.6 is 0 Å². The van der Waals surface area contributed by atoms with Gasteiger partial charge in [0.05, 0.1) is 6.07 Å². The third kappa shape index (κ3) is 2.95. The first kappa shape index (κ1) is 11.5. The summed E-state index contributed by atoms with van der Waals surface area (Å²) in [6, 6.07) is 7.07. The van der Waals surface area contributed by atoms with E-state index in [1.165, 1.54) is 6.07 Å². The minimum Gasteiger partial charge on any atom is -0.368 e. The molecule has 1 aromatic rings. The highest BCUT2D eigenvalue weighted by atomic mass is 19.1. The highest BCUT2D eigenvalue weighted by molar-refractivity contribution is 5.48. The third-order valence-electron chi connectivity index (χ3n) is 2.17. The fourth-order valence-corrected chi connectivity index (χ4v) is 1.30. The van der Waals surface area contributed by atoms with Gasteiger partial charge in [-0.25, -0.2) is 4.39 Å². The van der Waals surface area contributed by atoms with Gasteiger partial charge < -0.3 is 5.32 Å². The van der Waals surface area contributed by atoms with Gasteiger partial charge in [0.2, 0.25) is 0 Å². The molecule has 1 aromatic carbocycles. The van der Waals surface area contributed by atoms with Crippen LogP contribution in [0.1, 0.15) is 26.3 Å². The van der Waals surface area contributed by atoms with Crippen LogP contribution in [0.4, 0.5) is 10.1 Å². The van der Waals surface area contributed by atoms with Crippen LogP contribution in [-0.4, -0.2) is 5.54 Å². The molecule has 1 rings (SSSR count). The van der Waals surface area contributed by atoms with Gasteiger partial charge in [0.15, 0.2) is 0 Å². The normalized spacial score (nSPS) is 10.9. The molecule has 0 heterocycles. The van der Waals surface area contributed by atoms with E-state index >= 15 is 0 Å². The van der Waals surface area contributed by atoms with E-state index in [2.05, 4.69) is 11.4 Å². The van der Waals surface area contributed by atoms with Crippen LogP contribution in [0.5, 0.6) is 0 Å². The van der Waals surface area contributed by atoms with E-state index < -0.39 is 5.54 Å². The van der Waals surface area contributed by atoms with Crippen molar-refractivity contribution in [2.24, 2.45) is 0 Å². The molecule has 0 aliphatic heterocycles. The average molecular weight is 206 g/mol. The Morgan fingerprint density at radius 1 is 1.47 bits per heavy atom. The summed E-state index contributed by atoms with van der Waals surface area (Å²) in [4.78, 5) is 0. The van der Waals surface area contributed by atoms with E-state index in [1.54, 1.807) is 26.0 Å². The molecule has 0 amide bonds. The van der Waals surface area contributed by atoms with Crippen LogP contribution in [0, 0.1) is 17.1 Å². The van der Waals surface area contributed by atoms with E-state index in [0.717, 1.165) is 0 Å². The third-order valence-corrected chi connectivity index (χ3v) is 2.17. The maximum atomic E-state index is 13.4. The van der Waals surface area contributed by atoms with Crippen molar-refractivity contribution in [1.82, 2.24) is 0 Å². The summed E-state index contributed by atoms with van der Waals surface area (Å²) in [5, 5.41) is 11.8. The van der Waals surface area contributed by atoms with Gasteiger partial charge in [0.25, 0.3) is 0 Å². The molecular formula is C12H15FN2. The lowest BCUT2D eigenvalue weighted by atomic mass is 10.1. The zero-order chi connectivity index (χ0) is 11.5. The standard InChI is InChI=1S/C12H15FN2/c1-4-9-5-6-10(7-11(9)13)15-12(2,3)8-14/h5-7,15H,4H2,1-3H3. The molecule has 80 valence electrons. The summed E-state index contributed by atoms with van der Waals surface area (Å²) in [6.45, 7) is 5.40. The van der Waals surface area contributed by atoms with E-state index in [1.807, 2.05) is 6.92 Å². The molecule has 15 heavy (non-hydrogen) atoms. The first-order chi connectivity index (χ1) is 6.98. The van der Waals surface area contributed by atoms with Gasteiger partial charge in [-0.05, 0) is 38.0 Å². The van der Waals surface area contributed by atoms with Gasteiger partial charge in [-0.2, -0.15) is 5.26 Å². The molecule has 0 spiro atoms. The van der Waals surface area contributed by atoms with Gasteiger partial charge in [-0.1, -0.05) is 13.0 Å². The molecule has 0 aliphatic carbocycles. The second-order valence-corrected chi connectivity index (χ2v) is 4.02. The van der Waals surface area contributed by atoms with Crippen LogP contribution in [0.15, 0.2) is 18.2 Å². The van der Waals surface area contributed by atoms with Crippen molar-refractivity contribution in [3.63, 3.8) is 0 Å². The number of nitriles is 1. The van der Waals surface area contributed by atoms with Crippen molar-refractivity contribution in [3.05, 3.63) is 29.6 Å². The van der Waals surface area contributed by atoms with Gasteiger partial charge in [0, 0.05) is 5.69 Å². The molecule has 0 radical (unpaired) electrons. The number of hydrogen-bond donors (Lipinski definition) is 1. The predicted octanol–water partition coefficient (Wildman–Crippen LogP) is 3.10. The Hall–Kier alpha value is -1.56. The van der Waals surface area contributed by atoms with Crippen LogP contribution < -0.4 is 5.32 Å². The van der Waals surface area contributed by atoms with Crippen molar-refractivity contribution < 1.29 is 4.39 Å². The van der Waals surface area contributed by atoms with Crippen LogP contribution in [-0.2, 0) is 6.42 Å². The van der Waals surface area contributed by atoms with Crippen LogP contribution in [0.25, 0.3) is 0 Å². The summed E-state index contributed by atoms with van der Waals surface area (Å²) in [5.41, 5.74) is 0.645. The second kappa shape index (κ2) is 4.31. The quantitative estimate of drug-likeness (QED) is 0.824. The largest absolute Gasteiger partial charge is 0.368 e. The number of halogens is 1. The lowest BCUT2D eigenvalue weighted by molar-refractivity contribution is 0.611. The zero-order valence-electron chi connectivity index (χ0n) is 9.26. The Morgan fingerprint density at radius 3 is 2.60 bits per heavy atom. The van der Waals surface area contributed by atoms with E-state index in [4.69, 9.17) is 5.26 Å². The highest BCUT2D eigenvalue weighted by Gasteiger charge is 2.16. The maximum absolute atomic E-state index is 13.4. The summed E-state index contributed by atoms with van der Waals surface area (Å²) >= 11 is 0. The van der Waals surface area contributed by atoms with Crippen molar-refractivity contribution >= 4 is 5.69 Å². The fraction of sp³-hybridized carbons (Fsp3) is 0.417. The summed E-state index contributed by atoms with van der Waals surface area (Å²) < 4.78 is 13.4. The van der Waals surface area contributed by atoms with E-state index in [-0.39, 0.29) is 5.82 Å². The van der Waals surface area contributed by atoms with Crippen molar-refractivity contribution in [2.45, 2.75) is 32.7 Å². The lowest BCUT2D eigenvalue weighted by Crippen LogP contribution is -2.28. The number of benzene rings is 1. The Morgan fingerprint density at radius 2 is 2.13 bits per heavy atom. The lowest BCUT2D eigenvalue weighted by Gasteiger charge is -2.19. The minimum atomic E-state index is -0.680. The Bertz CT molecular complexity index is 391. The van der Waals surface area contributed by atoms with Gasteiger partial charge in [-0.15, -0.1) is 0 Å². The Labute approximate surface area is 89.7 Å². The number of nitrogens with one attached hydrogen (secondary N) is 1. The molecule has 0 bridgehead atoms. The maximum Gasteiger partial charge on any atom is 0.128 e. The van der Waals surface area contributed by atoms with Crippen molar-refractivity contribution in [2.75, 3.05) is 5.32 Å². The monoisotopic (exact) mass is 206 g/mol. The molecule has 0 aliphatic rings. The van der Waals surface area contributed by atoms with E-state index in [9.17, 15) is 4.39 Å². The topological polar surface area (TPSA) is 35.8 Å². The highest BCUT2D eigenvalue weighted by Crippen LogP contribution is 2.18. The number of rotatable bonds is 3. The summed E-state index contributed by atoms with van der Waals surface area (Å²) in [6.07, 6.45) is 0.674. The number of aryl methyl sites for hydroxylation is 1. The van der Waals surface area contributed by atoms with Gasteiger partial charge in [0.1, 0.15) is 11.4 Å². The smallest absolute Gasteiger partial charge is 0.128 e. The average Bonchev–Trinajstić information content (AvgIpc) is 2.17. The van der Waals surface area contributed by atoms with E-state index in [0.29, 0.717) is 17.7 Å². The number of nitrogens with zero attached hydrogens (tertiary/aromatic N) is 1. The molecule has 0 fully saturated rings. The molecule has 0 saturated carbocycles. The van der Waals surface area contributed by atoms with Crippen molar-refractivity contribution in [1.29, 1.82) is 5.26 Å². The first-order valence-corrected chi connectivity index (χ1v) is 4.96. The summed E-state index contributed by atoms with van der Waals surface area (Å²) in [5.74, 6) is -0.226. The minimum absolute atomic E-state index is 0.226. The molecule has 0 atom stereocenters. The SMILES string of the molecule is CCc1ccc(NC(C)(C)C#N)cc1F. The van der Waals surface area contributed by atoms with Crippen LogP contribution in [0.2, 0.25) is 0 Å². The predicted molar refractivity (Wildman–Crippen MR) is 59.1 cm³/mol. The summed E-state index contributed by atoms with van der Waals surface area (Å²) in [7, 11) is 0. The van der Waals surface area contributed by atoms with Crippen molar-refractivity contribution in [3.8, 4) is 6.07 Å². The molecule has 0 unspecified atom stereocenters. The Kier molecular flexibility index (Phi) is 3.31. The second-order valence-electron chi connectivity index (χ2n) is 4.02. The molecular weight excluding hydrogens is 191 g/mol. The zero-order valence-corrected chi connectivity index (χ0v) is 9.26. The van der Waals surface area contributed by atoms with Gasteiger partial charge in [-0.3, -0.25) is 0 Å². The first-order valence-electron chi connectivity index (χ1n) is 4.96. The Balaban J connectivity index is 2.90. The number of hydrogen-bond acceptors (Lipinski definition) is 2. The molecule has 0 aromatic heterocycles. The fourth-order valence-electron chi connectivity index (χ4n) is 1.30.